The highest BCUT2D eigenvalue weighted by molar-refractivity contribution is 5.49. The van der Waals surface area contributed by atoms with Gasteiger partial charge in [-0.1, -0.05) is 17.8 Å². The molecule has 0 bridgehead atoms. The van der Waals surface area contributed by atoms with E-state index in [4.69, 9.17) is 6.42 Å². The van der Waals surface area contributed by atoms with Crippen molar-refractivity contribution in [3.63, 3.8) is 0 Å². The molecule has 0 aliphatic heterocycles. The zero-order chi connectivity index (χ0) is 14.7. The second-order valence-corrected chi connectivity index (χ2v) is 4.82. The highest BCUT2D eigenvalue weighted by atomic mass is 19.1. The average molecular weight is 262 g/mol. The predicted molar refractivity (Wildman–Crippen MR) is 81.0 cm³/mol. The lowest BCUT2D eigenvalue weighted by atomic mass is 10.0. The lowest BCUT2D eigenvalue weighted by molar-refractivity contribution is 0.624. The van der Waals surface area contributed by atoms with Gasteiger partial charge in [0.05, 0.1) is 5.56 Å². The minimum Gasteiger partial charge on any atom is -0.206 e. The lowest BCUT2D eigenvalue weighted by Gasteiger charge is -2.04. The van der Waals surface area contributed by atoms with Crippen LogP contribution in [0, 0.1) is 50.8 Å². The molecular formula is C19H15F. The van der Waals surface area contributed by atoms with Crippen LogP contribution in [0.25, 0.3) is 0 Å². The van der Waals surface area contributed by atoms with Crippen LogP contribution in [0.4, 0.5) is 4.39 Å². The van der Waals surface area contributed by atoms with Crippen LogP contribution in [-0.2, 0) is 0 Å². The van der Waals surface area contributed by atoms with Gasteiger partial charge in [0.25, 0.3) is 0 Å². The molecule has 0 radical (unpaired) electrons. The number of halogens is 1. The van der Waals surface area contributed by atoms with Crippen LogP contribution in [0.15, 0.2) is 30.3 Å². The van der Waals surface area contributed by atoms with Gasteiger partial charge in [0, 0.05) is 11.1 Å². The van der Waals surface area contributed by atoms with Crippen molar-refractivity contribution in [2.45, 2.75) is 20.8 Å². The highest BCUT2D eigenvalue weighted by Crippen LogP contribution is 2.15. The first-order valence-corrected chi connectivity index (χ1v) is 6.37. The first-order chi connectivity index (χ1) is 9.51. The summed E-state index contributed by atoms with van der Waals surface area (Å²) in [6.45, 7) is 6.19. The van der Waals surface area contributed by atoms with Gasteiger partial charge in [-0.2, -0.15) is 0 Å². The maximum atomic E-state index is 13.8. The molecule has 1 heteroatoms. The van der Waals surface area contributed by atoms with Gasteiger partial charge >= 0.3 is 0 Å². The molecule has 2 aromatic carbocycles. The molecule has 0 aliphatic carbocycles. The largest absolute Gasteiger partial charge is 0.206 e. The van der Waals surface area contributed by atoms with E-state index in [-0.39, 0.29) is 5.82 Å². The van der Waals surface area contributed by atoms with Gasteiger partial charge in [-0.05, 0) is 67.8 Å². The van der Waals surface area contributed by atoms with Crippen molar-refractivity contribution in [2.75, 3.05) is 0 Å². The monoisotopic (exact) mass is 262 g/mol. The van der Waals surface area contributed by atoms with Crippen molar-refractivity contribution < 1.29 is 4.39 Å². The number of terminal acetylenes is 1. The minimum atomic E-state index is -0.381. The molecule has 0 fully saturated rings. The van der Waals surface area contributed by atoms with E-state index in [0.29, 0.717) is 11.1 Å². The summed E-state index contributed by atoms with van der Waals surface area (Å²) in [6.07, 6.45) is 5.23. The van der Waals surface area contributed by atoms with Crippen LogP contribution in [0.5, 0.6) is 0 Å². The Bertz CT molecular complexity index is 742. The predicted octanol–water partition coefficient (Wildman–Crippen LogP) is 4.13. The van der Waals surface area contributed by atoms with Crippen molar-refractivity contribution in [1.82, 2.24) is 0 Å². The van der Waals surface area contributed by atoms with Gasteiger partial charge in [-0.15, -0.1) is 6.42 Å². The second-order valence-electron chi connectivity index (χ2n) is 4.82. The van der Waals surface area contributed by atoms with Crippen molar-refractivity contribution >= 4 is 0 Å². The topological polar surface area (TPSA) is 0 Å². The third-order valence-corrected chi connectivity index (χ3v) is 3.40. The molecule has 0 heterocycles. The number of hydrogen-bond donors (Lipinski definition) is 0. The van der Waals surface area contributed by atoms with Crippen LogP contribution in [0.1, 0.15) is 33.4 Å². The van der Waals surface area contributed by atoms with Crippen LogP contribution in [0.2, 0.25) is 0 Å². The summed E-state index contributed by atoms with van der Waals surface area (Å²) < 4.78 is 13.8. The van der Waals surface area contributed by atoms with Crippen molar-refractivity contribution in [1.29, 1.82) is 0 Å². The summed E-state index contributed by atoms with van der Waals surface area (Å²) in [5.41, 5.74) is 5.43. The fraction of sp³-hybridized carbons (Fsp3) is 0.158. The van der Waals surface area contributed by atoms with E-state index in [0.717, 1.165) is 5.56 Å². The second kappa shape index (κ2) is 5.64. The smallest absolute Gasteiger partial charge is 0.140 e. The quantitative estimate of drug-likeness (QED) is 0.626. The molecule has 0 aliphatic rings. The Balaban J connectivity index is 2.39. The molecule has 98 valence electrons. The molecule has 2 rings (SSSR count). The summed E-state index contributed by atoms with van der Waals surface area (Å²) in [4.78, 5) is 0. The molecule has 2 aromatic rings. The molecule has 0 spiro atoms. The summed E-state index contributed by atoms with van der Waals surface area (Å²) in [5, 5.41) is 0. The molecule has 20 heavy (non-hydrogen) atoms. The molecule has 0 nitrogen and oxygen atoms in total. The van der Waals surface area contributed by atoms with E-state index < -0.39 is 0 Å². The SMILES string of the molecule is C#Cc1ccc(C#Cc2cc(C)c(C)c(C)c2)c(F)c1. The molecule has 0 atom stereocenters. The Morgan fingerprint density at radius 3 is 2.10 bits per heavy atom. The van der Waals surface area contributed by atoms with E-state index in [9.17, 15) is 4.39 Å². The van der Waals surface area contributed by atoms with Crippen molar-refractivity contribution in [2.24, 2.45) is 0 Å². The van der Waals surface area contributed by atoms with Crippen LogP contribution in [-0.4, -0.2) is 0 Å². The number of benzene rings is 2. The van der Waals surface area contributed by atoms with Crippen molar-refractivity contribution in [3.8, 4) is 24.2 Å². The van der Waals surface area contributed by atoms with E-state index in [1.807, 2.05) is 12.1 Å². The maximum Gasteiger partial charge on any atom is 0.140 e. The summed E-state index contributed by atoms with van der Waals surface area (Å²) >= 11 is 0. The van der Waals surface area contributed by atoms with Gasteiger partial charge in [0.2, 0.25) is 0 Å². The Labute approximate surface area is 119 Å². The number of hydrogen-bond acceptors (Lipinski definition) is 0. The van der Waals surface area contributed by atoms with E-state index in [2.05, 4.69) is 38.5 Å². The Hall–Kier alpha value is -2.51. The van der Waals surface area contributed by atoms with E-state index in [1.165, 1.54) is 22.8 Å². The molecule has 0 amide bonds. The number of rotatable bonds is 0. The summed E-state index contributed by atoms with van der Waals surface area (Å²) in [5.74, 6) is 7.89. The molecule has 0 saturated heterocycles. The Morgan fingerprint density at radius 2 is 1.55 bits per heavy atom. The zero-order valence-corrected chi connectivity index (χ0v) is 11.8. The molecule has 0 unspecified atom stereocenters. The van der Waals surface area contributed by atoms with Crippen LogP contribution < -0.4 is 0 Å². The minimum absolute atomic E-state index is 0.361. The lowest BCUT2D eigenvalue weighted by Crippen LogP contribution is -1.89. The fourth-order valence-electron chi connectivity index (χ4n) is 1.95. The van der Waals surface area contributed by atoms with E-state index >= 15 is 0 Å². The molecule has 0 saturated carbocycles. The van der Waals surface area contributed by atoms with Crippen LogP contribution >= 0.6 is 0 Å². The Morgan fingerprint density at radius 1 is 0.900 bits per heavy atom. The highest BCUT2D eigenvalue weighted by Gasteiger charge is 2.01. The van der Waals surface area contributed by atoms with Gasteiger partial charge < -0.3 is 0 Å². The van der Waals surface area contributed by atoms with Gasteiger partial charge in [0.1, 0.15) is 5.82 Å². The standard InChI is InChI=1S/C19H15F/c1-5-16-6-8-18(19(20)12-16)9-7-17-10-13(2)15(4)14(3)11-17/h1,6,8,10-12H,2-4H3. The number of aryl methyl sites for hydroxylation is 2. The van der Waals surface area contributed by atoms with Gasteiger partial charge in [-0.3, -0.25) is 0 Å². The third kappa shape index (κ3) is 2.90. The van der Waals surface area contributed by atoms with E-state index in [1.54, 1.807) is 12.1 Å². The van der Waals surface area contributed by atoms with Crippen LogP contribution in [0.3, 0.4) is 0 Å². The average Bonchev–Trinajstić information content (AvgIpc) is 2.43. The summed E-state index contributed by atoms with van der Waals surface area (Å²) in [6, 6.07) is 8.67. The zero-order valence-electron chi connectivity index (χ0n) is 11.8. The first-order valence-electron chi connectivity index (χ1n) is 6.37. The summed E-state index contributed by atoms with van der Waals surface area (Å²) in [7, 11) is 0. The molecular weight excluding hydrogens is 247 g/mol. The van der Waals surface area contributed by atoms with Crippen molar-refractivity contribution in [3.05, 3.63) is 69.5 Å². The maximum absolute atomic E-state index is 13.8. The normalized spacial score (nSPS) is 9.55. The fourth-order valence-corrected chi connectivity index (χ4v) is 1.95. The van der Waals surface area contributed by atoms with Gasteiger partial charge in [-0.25, -0.2) is 4.39 Å². The first kappa shape index (κ1) is 13.9. The molecule has 0 aromatic heterocycles. The molecule has 0 N–H and O–H groups in total. The van der Waals surface area contributed by atoms with Gasteiger partial charge in [0.15, 0.2) is 0 Å². The Kier molecular flexibility index (Phi) is 3.92. The third-order valence-electron chi connectivity index (χ3n) is 3.40.